The molecule has 21 heavy (non-hydrogen) atoms. The highest BCUT2D eigenvalue weighted by Crippen LogP contribution is 2.35. The topological polar surface area (TPSA) is 48.0 Å². The van der Waals surface area contributed by atoms with Crippen molar-refractivity contribution in [2.24, 2.45) is 0 Å². The Kier molecular flexibility index (Phi) is 3.53. The van der Waals surface area contributed by atoms with Crippen LogP contribution < -0.4 is 4.90 Å². The third-order valence-corrected chi connectivity index (χ3v) is 4.96. The number of nitrogens with zero attached hydrogens (tertiary/aromatic N) is 4. The van der Waals surface area contributed by atoms with Gasteiger partial charge in [0.25, 0.3) is 0 Å². The summed E-state index contributed by atoms with van der Waals surface area (Å²) >= 11 is 0. The smallest absolute Gasteiger partial charge is 0.217 e. The first-order valence-corrected chi connectivity index (χ1v) is 7.72. The quantitative estimate of drug-likeness (QED) is 0.922. The number of aryl methyl sites for hydroxylation is 2. The molecule has 0 spiro atoms. The Labute approximate surface area is 126 Å². The highest BCUT2D eigenvalue weighted by Gasteiger charge is 2.46. The van der Waals surface area contributed by atoms with Crippen molar-refractivity contribution in [2.75, 3.05) is 14.1 Å². The van der Waals surface area contributed by atoms with E-state index >= 15 is 0 Å². The second kappa shape index (κ2) is 5.22. The van der Waals surface area contributed by atoms with Crippen molar-refractivity contribution in [1.29, 1.82) is 0 Å². The summed E-state index contributed by atoms with van der Waals surface area (Å²) in [7, 11) is 4.43. The molecule has 1 aliphatic rings. The van der Waals surface area contributed by atoms with Gasteiger partial charge in [0, 0.05) is 12.8 Å². The lowest BCUT2D eigenvalue weighted by Gasteiger charge is -2.31. The van der Waals surface area contributed by atoms with Crippen LogP contribution in [0.25, 0.3) is 5.69 Å². The van der Waals surface area contributed by atoms with Crippen LogP contribution in [0.5, 0.6) is 0 Å². The van der Waals surface area contributed by atoms with Gasteiger partial charge in [-0.3, -0.25) is 0 Å². The SMILES string of the molecule is Cc1cccc(C)c1-n1nnnc1C1([NH+](C)C)CCCC1. The van der Waals surface area contributed by atoms with Crippen LogP contribution in [0.1, 0.15) is 42.6 Å². The summed E-state index contributed by atoms with van der Waals surface area (Å²) in [5.41, 5.74) is 3.60. The summed E-state index contributed by atoms with van der Waals surface area (Å²) in [6.45, 7) is 4.25. The first kappa shape index (κ1) is 14.2. The minimum atomic E-state index is 0.0399. The first-order chi connectivity index (χ1) is 10.1. The zero-order chi connectivity index (χ0) is 15.0. The van der Waals surface area contributed by atoms with E-state index < -0.39 is 0 Å². The van der Waals surface area contributed by atoms with E-state index in [-0.39, 0.29) is 5.54 Å². The summed E-state index contributed by atoms with van der Waals surface area (Å²) in [5.74, 6) is 1.01. The number of para-hydroxylation sites is 1. The summed E-state index contributed by atoms with van der Waals surface area (Å²) in [6.07, 6.45) is 4.82. The predicted octanol–water partition coefficient (Wildman–Crippen LogP) is 1.19. The molecule has 0 atom stereocenters. The summed E-state index contributed by atoms with van der Waals surface area (Å²) in [6, 6.07) is 6.33. The molecule has 0 radical (unpaired) electrons. The largest absolute Gasteiger partial charge is 0.329 e. The number of aromatic nitrogens is 4. The molecular weight excluding hydrogens is 262 g/mol. The lowest BCUT2D eigenvalue weighted by molar-refractivity contribution is -0.924. The van der Waals surface area contributed by atoms with E-state index in [0.717, 1.165) is 24.4 Å². The van der Waals surface area contributed by atoms with Gasteiger partial charge >= 0.3 is 0 Å². The molecule has 1 heterocycles. The Morgan fingerprint density at radius 1 is 1.10 bits per heavy atom. The maximum atomic E-state index is 4.43. The Hall–Kier alpha value is -1.75. The van der Waals surface area contributed by atoms with Crippen molar-refractivity contribution in [1.82, 2.24) is 20.2 Å². The van der Waals surface area contributed by atoms with Crippen molar-refractivity contribution in [3.8, 4) is 5.69 Å². The Morgan fingerprint density at radius 2 is 1.71 bits per heavy atom. The molecular formula is C16H24N5+. The van der Waals surface area contributed by atoms with Gasteiger partial charge in [0.1, 0.15) is 0 Å². The third-order valence-electron chi connectivity index (χ3n) is 4.96. The van der Waals surface area contributed by atoms with Crippen LogP contribution in [0, 0.1) is 13.8 Å². The molecule has 5 heteroatoms. The summed E-state index contributed by atoms with van der Waals surface area (Å²) < 4.78 is 1.98. The normalized spacial score (nSPS) is 17.6. The van der Waals surface area contributed by atoms with E-state index in [1.807, 2.05) is 4.68 Å². The molecule has 1 saturated carbocycles. The number of benzene rings is 1. The average Bonchev–Trinajstić information content (AvgIpc) is 3.07. The van der Waals surface area contributed by atoms with Gasteiger partial charge in [0.15, 0.2) is 5.54 Å². The van der Waals surface area contributed by atoms with Gasteiger partial charge in [0.05, 0.1) is 19.8 Å². The minimum absolute atomic E-state index is 0.0399. The molecule has 1 fully saturated rings. The molecule has 0 bridgehead atoms. The molecule has 0 aliphatic heterocycles. The number of quaternary nitrogens is 1. The van der Waals surface area contributed by atoms with Crippen LogP contribution in [0.15, 0.2) is 18.2 Å². The molecule has 1 aromatic heterocycles. The Balaban J connectivity index is 2.18. The fourth-order valence-electron chi connectivity index (χ4n) is 3.70. The zero-order valence-electron chi connectivity index (χ0n) is 13.3. The van der Waals surface area contributed by atoms with Gasteiger partial charge in [-0.2, -0.15) is 4.68 Å². The lowest BCUT2D eigenvalue weighted by atomic mass is 9.94. The van der Waals surface area contributed by atoms with Crippen LogP contribution >= 0.6 is 0 Å². The monoisotopic (exact) mass is 286 g/mol. The number of nitrogens with one attached hydrogen (secondary N) is 1. The summed E-state index contributed by atoms with van der Waals surface area (Å²) in [4.78, 5) is 1.42. The number of hydrogen-bond acceptors (Lipinski definition) is 3. The van der Waals surface area contributed by atoms with Crippen molar-refractivity contribution >= 4 is 0 Å². The number of hydrogen-bond donors (Lipinski definition) is 1. The van der Waals surface area contributed by atoms with E-state index in [9.17, 15) is 0 Å². The second-order valence-corrected chi connectivity index (χ2v) is 6.44. The first-order valence-electron chi connectivity index (χ1n) is 7.72. The van der Waals surface area contributed by atoms with Crippen LogP contribution in [0.3, 0.4) is 0 Å². The lowest BCUT2D eigenvalue weighted by Crippen LogP contribution is -3.13. The molecule has 0 unspecified atom stereocenters. The van der Waals surface area contributed by atoms with Gasteiger partial charge in [-0.1, -0.05) is 18.2 Å². The van der Waals surface area contributed by atoms with Gasteiger partial charge in [0.2, 0.25) is 5.82 Å². The van der Waals surface area contributed by atoms with E-state index in [2.05, 4.69) is 61.7 Å². The van der Waals surface area contributed by atoms with Crippen LogP contribution in [-0.2, 0) is 5.54 Å². The third kappa shape index (κ3) is 2.16. The molecule has 1 aromatic carbocycles. The molecule has 112 valence electrons. The van der Waals surface area contributed by atoms with Crippen LogP contribution in [0.2, 0.25) is 0 Å². The molecule has 0 amide bonds. The number of rotatable bonds is 3. The molecule has 2 aromatic rings. The Morgan fingerprint density at radius 3 is 2.29 bits per heavy atom. The van der Waals surface area contributed by atoms with E-state index in [4.69, 9.17) is 0 Å². The Bertz CT molecular complexity index is 618. The van der Waals surface area contributed by atoms with Gasteiger partial charge in [-0.15, -0.1) is 5.10 Å². The second-order valence-electron chi connectivity index (χ2n) is 6.44. The highest BCUT2D eigenvalue weighted by molar-refractivity contribution is 5.46. The molecule has 1 N–H and O–H groups in total. The maximum absolute atomic E-state index is 4.43. The van der Waals surface area contributed by atoms with Crippen molar-refractivity contribution in [3.05, 3.63) is 35.2 Å². The standard InChI is InChI=1S/C16H23N5/c1-12-8-7-9-13(2)14(12)21-15(17-18-19-21)16(20(3)4)10-5-6-11-16/h7-9H,5-6,10-11H2,1-4H3/p+1. The fourth-order valence-corrected chi connectivity index (χ4v) is 3.70. The zero-order valence-corrected chi connectivity index (χ0v) is 13.3. The van der Waals surface area contributed by atoms with Gasteiger partial charge < -0.3 is 4.90 Å². The van der Waals surface area contributed by atoms with Gasteiger partial charge in [-0.25, -0.2) is 0 Å². The molecule has 3 rings (SSSR count). The van der Waals surface area contributed by atoms with Crippen molar-refractivity contribution in [2.45, 2.75) is 45.1 Å². The summed E-state index contributed by atoms with van der Waals surface area (Å²) in [5, 5.41) is 12.8. The van der Waals surface area contributed by atoms with E-state index in [1.54, 1.807) is 0 Å². The molecule has 0 saturated heterocycles. The van der Waals surface area contributed by atoms with E-state index in [0.29, 0.717) is 0 Å². The average molecular weight is 286 g/mol. The predicted molar refractivity (Wildman–Crippen MR) is 81.6 cm³/mol. The number of tetrazole rings is 1. The highest BCUT2D eigenvalue weighted by atomic mass is 15.6. The van der Waals surface area contributed by atoms with Crippen LogP contribution in [0.4, 0.5) is 0 Å². The van der Waals surface area contributed by atoms with E-state index in [1.165, 1.54) is 28.9 Å². The molecule has 5 nitrogen and oxygen atoms in total. The maximum Gasteiger partial charge on any atom is 0.217 e. The fraction of sp³-hybridized carbons (Fsp3) is 0.562. The van der Waals surface area contributed by atoms with Crippen molar-refractivity contribution in [3.63, 3.8) is 0 Å². The van der Waals surface area contributed by atoms with Crippen molar-refractivity contribution < 1.29 is 4.90 Å². The minimum Gasteiger partial charge on any atom is -0.329 e. The van der Waals surface area contributed by atoms with Crippen LogP contribution in [-0.4, -0.2) is 34.3 Å². The molecule has 1 aliphatic carbocycles. The van der Waals surface area contributed by atoms with Gasteiger partial charge in [-0.05, 0) is 48.2 Å².